The molecule has 3 heterocycles. The van der Waals surface area contributed by atoms with Crippen LogP contribution >= 0.6 is 22.9 Å². The van der Waals surface area contributed by atoms with Crippen molar-refractivity contribution in [1.82, 2.24) is 15.1 Å². The number of piperazine rings is 1. The van der Waals surface area contributed by atoms with E-state index in [4.69, 9.17) is 16.3 Å². The van der Waals surface area contributed by atoms with Gasteiger partial charge in [-0.3, -0.25) is 14.4 Å². The van der Waals surface area contributed by atoms with Crippen LogP contribution in [0.2, 0.25) is 5.02 Å². The summed E-state index contributed by atoms with van der Waals surface area (Å²) in [7, 11) is 1.47. The molecule has 4 atom stereocenters. The number of rotatable bonds is 7. The Kier molecular flexibility index (Phi) is 8.71. The molecule has 0 aliphatic carbocycles. The highest BCUT2D eigenvalue weighted by Gasteiger charge is 2.58. The van der Waals surface area contributed by atoms with Crippen LogP contribution in [0.1, 0.15) is 43.9 Å². The summed E-state index contributed by atoms with van der Waals surface area (Å²) >= 11 is 7.80. The number of amides is 2. The SMILES string of the molecule is COCC(=O)N1C(C(=O)N2CCNCC2)C(c2sccc2C)C(C(=O)c2ccccc2C)C1c1ccc(Cl)cc1. The van der Waals surface area contributed by atoms with E-state index >= 15 is 0 Å². The molecule has 2 fully saturated rings. The number of carbonyl (C=O) groups is 3. The van der Waals surface area contributed by atoms with Crippen molar-refractivity contribution in [3.8, 4) is 0 Å². The number of Topliss-reactive ketones (excluding diaryl/α,β-unsaturated/α-hetero) is 1. The standard InChI is InChI=1S/C31H34ClN3O4S/c1-19-6-4-5-7-23(19)29(37)25-26(30-20(2)12-17-40-30)28(31(38)34-15-13-33-14-16-34)35(24(36)18-39-3)27(25)21-8-10-22(32)11-9-21/h4-12,17,25-28,33H,13-16,18H2,1-3H3. The number of aryl methyl sites for hydroxylation is 2. The highest BCUT2D eigenvalue weighted by molar-refractivity contribution is 7.10. The number of hydrogen-bond acceptors (Lipinski definition) is 6. The van der Waals surface area contributed by atoms with Gasteiger partial charge in [0.2, 0.25) is 11.8 Å². The van der Waals surface area contributed by atoms with Crippen LogP contribution < -0.4 is 5.32 Å². The first-order chi connectivity index (χ1) is 19.3. The van der Waals surface area contributed by atoms with E-state index in [1.54, 1.807) is 17.0 Å². The number of carbonyl (C=O) groups excluding carboxylic acids is 3. The zero-order valence-corrected chi connectivity index (χ0v) is 24.5. The molecule has 1 N–H and O–H groups in total. The quantitative estimate of drug-likeness (QED) is 0.413. The Morgan fingerprint density at radius 3 is 2.33 bits per heavy atom. The lowest BCUT2D eigenvalue weighted by Gasteiger charge is -2.36. The summed E-state index contributed by atoms with van der Waals surface area (Å²) in [5.74, 6) is -1.77. The van der Waals surface area contributed by atoms with Gasteiger partial charge >= 0.3 is 0 Å². The third-order valence-corrected chi connectivity index (χ3v) is 9.41. The van der Waals surface area contributed by atoms with E-state index in [1.165, 1.54) is 18.4 Å². The summed E-state index contributed by atoms with van der Waals surface area (Å²) in [5.41, 5.74) is 3.22. The van der Waals surface area contributed by atoms with Crippen molar-refractivity contribution in [1.29, 1.82) is 0 Å². The summed E-state index contributed by atoms with van der Waals surface area (Å²) in [6.07, 6.45) is 0. The van der Waals surface area contributed by atoms with Crippen molar-refractivity contribution >= 4 is 40.5 Å². The molecule has 40 heavy (non-hydrogen) atoms. The second-order valence-corrected chi connectivity index (χ2v) is 11.8. The molecule has 210 valence electrons. The van der Waals surface area contributed by atoms with Gasteiger partial charge in [-0.15, -0.1) is 11.3 Å². The maximum absolute atomic E-state index is 14.7. The van der Waals surface area contributed by atoms with E-state index in [1.807, 2.05) is 66.6 Å². The van der Waals surface area contributed by atoms with E-state index in [0.29, 0.717) is 36.8 Å². The Hall–Kier alpha value is -3.04. The topological polar surface area (TPSA) is 79.0 Å². The fourth-order valence-corrected chi connectivity index (χ4v) is 7.39. The highest BCUT2D eigenvalue weighted by Crippen LogP contribution is 2.53. The summed E-state index contributed by atoms with van der Waals surface area (Å²) < 4.78 is 5.31. The molecular weight excluding hydrogens is 546 g/mol. The number of ether oxygens (including phenoxy) is 1. The molecule has 3 aromatic rings. The van der Waals surface area contributed by atoms with E-state index in [-0.39, 0.29) is 24.2 Å². The first-order valence-corrected chi connectivity index (χ1v) is 14.8. The molecule has 2 amide bonds. The van der Waals surface area contributed by atoms with Gasteiger partial charge in [-0.25, -0.2) is 0 Å². The number of nitrogens with zero attached hydrogens (tertiary/aromatic N) is 2. The van der Waals surface area contributed by atoms with Crippen LogP contribution in [0.25, 0.3) is 0 Å². The van der Waals surface area contributed by atoms with Crippen LogP contribution in [0.4, 0.5) is 0 Å². The number of ketones is 1. The Balaban J connectivity index is 1.76. The summed E-state index contributed by atoms with van der Waals surface area (Å²) in [6.45, 7) is 6.17. The molecule has 2 aliphatic rings. The lowest BCUT2D eigenvalue weighted by molar-refractivity contribution is -0.148. The van der Waals surface area contributed by atoms with Gasteiger partial charge in [0.25, 0.3) is 0 Å². The Labute approximate surface area is 244 Å². The Bertz CT molecular complexity index is 1390. The van der Waals surface area contributed by atoms with Crippen LogP contribution in [0.3, 0.4) is 0 Å². The first kappa shape index (κ1) is 28.5. The lowest BCUT2D eigenvalue weighted by Crippen LogP contribution is -2.55. The van der Waals surface area contributed by atoms with E-state index < -0.39 is 23.9 Å². The summed E-state index contributed by atoms with van der Waals surface area (Å²) in [5, 5.41) is 5.84. The monoisotopic (exact) mass is 579 g/mol. The molecule has 9 heteroatoms. The van der Waals surface area contributed by atoms with Crippen molar-refractivity contribution in [2.45, 2.75) is 31.8 Å². The number of thiophene rings is 1. The third kappa shape index (κ3) is 5.33. The van der Waals surface area contributed by atoms with E-state index in [9.17, 15) is 14.4 Å². The lowest BCUT2D eigenvalue weighted by atomic mass is 9.77. The van der Waals surface area contributed by atoms with E-state index in [2.05, 4.69) is 5.32 Å². The maximum Gasteiger partial charge on any atom is 0.249 e. The number of benzene rings is 2. The van der Waals surface area contributed by atoms with Crippen LogP contribution in [-0.2, 0) is 14.3 Å². The molecule has 7 nitrogen and oxygen atoms in total. The first-order valence-electron chi connectivity index (χ1n) is 13.5. The predicted octanol–water partition coefficient (Wildman–Crippen LogP) is 4.63. The second kappa shape index (κ2) is 12.2. The smallest absolute Gasteiger partial charge is 0.249 e. The number of nitrogens with one attached hydrogen (secondary N) is 1. The van der Waals surface area contributed by atoms with Gasteiger partial charge in [0, 0.05) is 54.7 Å². The number of hydrogen-bond donors (Lipinski definition) is 1. The van der Waals surface area contributed by atoms with Gasteiger partial charge in [-0.1, -0.05) is 48.0 Å². The van der Waals surface area contributed by atoms with Crippen molar-refractivity contribution in [2.24, 2.45) is 5.92 Å². The van der Waals surface area contributed by atoms with Crippen molar-refractivity contribution in [2.75, 3.05) is 39.9 Å². The average Bonchev–Trinajstić information content (AvgIpc) is 3.54. The number of methoxy groups -OCH3 is 1. The molecular formula is C31H34ClN3O4S. The number of halogens is 1. The van der Waals surface area contributed by atoms with Gasteiger partial charge in [-0.05, 0) is 54.1 Å². The number of likely N-dealkylation sites (tertiary alicyclic amines) is 1. The van der Waals surface area contributed by atoms with Gasteiger partial charge in [0.05, 0.1) is 12.0 Å². The van der Waals surface area contributed by atoms with Crippen molar-refractivity contribution in [3.05, 3.63) is 92.1 Å². The van der Waals surface area contributed by atoms with Gasteiger partial charge in [0.15, 0.2) is 5.78 Å². The normalized spacial score (nSPS) is 22.9. The second-order valence-electron chi connectivity index (χ2n) is 10.4. The molecule has 0 radical (unpaired) electrons. The van der Waals surface area contributed by atoms with Crippen LogP contribution in [-0.4, -0.2) is 73.3 Å². The molecule has 4 unspecified atom stereocenters. The van der Waals surface area contributed by atoms with Crippen molar-refractivity contribution in [3.63, 3.8) is 0 Å². The Morgan fingerprint density at radius 2 is 1.70 bits per heavy atom. The molecule has 1 aromatic heterocycles. The summed E-state index contributed by atoms with van der Waals surface area (Å²) in [6, 6.07) is 15.2. The molecule has 0 saturated carbocycles. The van der Waals surface area contributed by atoms with Crippen LogP contribution in [0, 0.1) is 19.8 Å². The Morgan fingerprint density at radius 1 is 1.00 bits per heavy atom. The molecule has 0 spiro atoms. The fourth-order valence-electron chi connectivity index (χ4n) is 6.16. The average molecular weight is 580 g/mol. The highest BCUT2D eigenvalue weighted by atomic mass is 35.5. The molecule has 2 saturated heterocycles. The molecule has 5 rings (SSSR count). The van der Waals surface area contributed by atoms with Gasteiger partial charge in [-0.2, -0.15) is 0 Å². The molecule has 2 aromatic carbocycles. The minimum atomic E-state index is -0.864. The maximum atomic E-state index is 14.7. The summed E-state index contributed by atoms with van der Waals surface area (Å²) in [4.78, 5) is 47.5. The zero-order chi connectivity index (χ0) is 28.4. The fraction of sp³-hybridized carbons (Fsp3) is 0.387. The molecule has 2 aliphatic heterocycles. The van der Waals surface area contributed by atoms with Gasteiger partial charge < -0.3 is 19.9 Å². The van der Waals surface area contributed by atoms with Crippen LogP contribution in [0.15, 0.2) is 60.0 Å². The largest absolute Gasteiger partial charge is 0.375 e. The van der Waals surface area contributed by atoms with Gasteiger partial charge in [0.1, 0.15) is 12.6 Å². The minimum Gasteiger partial charge on any atom is -0.375 e. The third-order valence-electron chi connectivity index (χ3n) is 8.03. The van der Waals surface area contributed by atoms with Crippen molar-refractivity contribution < 1.29 is 19.1 Å². The zero-order valence-electron chi connectivity index (χ0n) is 22.9. The minimum absolute atomic E-state index is 0.0818. The predicted molar refractivity (Wildman–Crippen MR) is 157 cm³/mol. The van der Waals surface area contributed by atoms with Crippen LogP contribution in [0.5, 0.6) is 0 Å². The molecule has 0 bridgehead atoms. The van der Waals surface area contributed by atoms with E-state index in [0.717, 1.165) is 21.6 Å².